The Morgan fingerprint density at radius 1 is 1.28 bits per heavy atom. The average molecular weight is 513 g/mol. The molecule has 8 nitrogen and oxygen atoms in total. The predicted octanol–water partition coefficient (Wildman–Crippen LogP) is 1.94. The van der Waals surface area contributed by atoms with Crippen molar-refractivity contribution in [3.63, 3.8) is 0 Å². The third-order valence-electron chi connectivity index (χ3n) is 7.74. The lowest BCUT2D eigenvalue weighted by atomic mass is 9.70. The second-order valence-electron chi connectivity index (χ2n) is 9.54. The van der Waals surface area contributed by atoms with Crippen LogP contribution in [0.1, 0.15) is 51.4 Å². The molecular weight excluding hydrogens is 480 g/mol. The molecule has 178 valence electrons. The van der Waals surface area contributed by atoms with E-state index < -0.39 is 35.6 Å². The first kappa shape index (κ1) is 23.7. The number of alkyl halides is 1. The normalized spacial score (nSPS) is 36.4. The zero-order valence-electron chi connectivity index (χ0n) is 18.3. The van der Waals surface area contributed by atoms with Gasteiger partial charge in [0.05, 0.1) is 17.9 Å². The topological polar surface area (TPSA) is 107 Å². The summed E-state index contributed by atoms with van der Waals surface area (Å²) in [6.45, 7) is 4.53. The van der Waals surface area contributed by atoms with Crippen molar-refractivity contribution < 1.29 is 29.3 Å². The molecule has 3 saturated heterocycles. The number of aliphatic carboxylic acids is 1. The molecule has 32 heavy (non-hydrogen) atoms. The Bertz CT molecular complexity index is 772. The number of nitrogens with zero attached hydrogens (tertiary/aromatic N) is 2. The number of likely N-dealkylation sites (tertiary alicyclic amines) is 1. The predicted molar refractivity (Wildman–Crippen MR) is 120 cm³/mol. The molecule has 4 aliphatic rings. The second-order valence-corrected chi connectivity index (χ2v) is 10.7. The molecule has 3 aliphatic heterocycles. The minimum absolute atomic E-state index is 0.000320. The molecule has 1 spiro atoms. The molecule has 0 aromatic carbocycles. The van der Waals surface area contributed by atoms with Gasteiger partial charge in [-0.3, -0.25) is 14.4 Å². The minimum atomic E-state index is -1.14. The molecule has 2 bridgehead atoms. The number of carboxylic acids is 1. The van der Waals surface area contributed by atoms with E-state index in [0.717, 1.165) is 32.1 Å². The van der Waals surface area contributed by atoms with Gasteiger partial charge < -0.3 is 24.7 Å². The van der Waals surface area contributed by atoms with E-state index >= 15 is 0 Å². The fourth-order valence-electron chi connectivity index (χ4n) is 6.43. The first-order valence-corrected chi connectivity index (χ1v) is 12.7. The molecule has 9 heteroatoms. The van der Waals surface area contributed by atoms with Gasteiger partial charge in [0.1, 0.15) is 11.6 Å². The van der Waals surface area contributed by atoms with Crippen molar-refractivity contribution in [2.75, 3.05) is 19.7 Å². The smallest absolute Gasteiger partial charge is 0.310 e. The summed E-state index contributed by atoms with van der Waals surface area (Å²) in [7, 11) is 0. The summed E-state index contributed by atoms with van der Waals surface area (Å²) in [6.07, 6.45) is 7.69. The second kappa shape index (κ2) is 9.43. The monoisotopic (exact) mass is 512 g/mol. The SMILES string of the molecule is C=CCN(C(=O)[C@H]1N(CCCCO)C(=O)[C@@H]2[C@@H](C(=O)O)[C@@H]3O[C@@]21CC3Br)C1CCCCC1. The van der Waals surface area contributed by atoms with Crippen molar-refractivity contribution in [1.82, 2.24) is 9.80 Å². The van der Waals surface area contributed by atoms with Crippen LogP contribution >= 0.6 is 15.9 Å². The molecule has 3 heterocycles. The molecule has 2 N–H and O–H groups in total. The first-order chi connectivity index (χ1) is 15.4. The number of carboxylic acid groups (broad SMARTS) is 1. The van der Waals surface area contributed by atoms with Crippen LogP contribution in [-0.4, -0.2) is 86.1 Å². The lowest BCUT2D eigenvalue weighted by Crippen LogP contribution is -2.58. The number of fused-ring (bicyclic) bond motifs is 1. The Kier molecular flexibility index (Phi) is 6.98. The van der Waals surface area contributed by atoms with Crippen LogP contribution < -0.4 is 0 Å². The number of hydrogen-bond donors (Lipinski definition) is 2. The van der Waals surface area contributed by atoms with Crippen molar-refractivity contribution in [2.45, 2.75) is 80.0 Å². The third-order valence-corrected chi connectivity index (χ3v) is 8.58. The Labute approximate surface area is 197 Å². The molecule has 0 aromatic rings. The summed E-state index contributed by atoms with van der Waals surface area (Å²) in [5.74, 6) is -3.36. The van der Waals surface area contributed by atoms with E-state index in [9.17, 15) is 24.6 Å². The molecule has 0 radical (unpaired) electrons. The van der Waals surface area contributed by atoms with Gasteiger partial charge in [-0.2, -0.15) is 0 Å². The van der Waals surface area contributed by atoms with Gasteiger partial charge in [-0.1, -0.05) is 41.3 Å². The number of unbranched alkanes of at least 4 members (excludes halogenated alkanes) is 1. The third kappa shape index (κ3) is 3.70. The number of amides is 2. The molecule has 1 saturated carbocycles. The van der Waals surface area contributed by atoms with Gasteiger partial charge in [0.25, 0.3) is 0 Å². The van der Waals surface area contributed by atoms with Gasteiger partial charge in [-0.15, -0.1) is 6.58 Å². The zero-order chi connectivity index (χ0) is 23.0. The summed E-state index contributed by atoms with van der Waals surface area (Å²) in [5.41, 5.74) is -1.14. The van der Waals surface area contributed by atoms with Gasteiger partial charge in [-0.05, 0) is 32.1 Å². The number of rotatable bonds is 9. The number of ether oxygens (including phenoxy) is 1. The highest BCUT2D eigenvalue weighted by Crippen LogP contribution is 2.60. The lowest BCUT2D eigenvalue weighted by Gasteiger charge is -2.41. The quantitative estimate of drug-likeness (QED) is 0.277. The van der Waals surface area contributed by atoms with Gasteiger partial charge in [-0.25, -0.2) is 0 Å². The number of carbonyl (C=O) groups is 3. The maximum absolute atomic E-state index is 14.1. The highest BCUT2D eigenvalue weighted by atomic mass is 79.9. The van der Waals surface area contributed by atoms with Crippen LogP contribution in [0, 0.1) is 11.8 Å². The van der Waals surface area contributed by atoms with E-state index in [1.807, 2.05) is 4.90 Å². The Morgan fingerprint density at radius 2 is 2.00 bits per heavy atom. The lowest BCUT2D eigenvalue weighted by molar-refractivity contribution is -0.151. The van der Waals surface area contributed by atoms with Gasteiger partial charge in [0.2, 0.25) is 11.8 Å². The van der Waals surface area contributed by atoms with Gasteiger partial charge in [0, 0.05) is 30.6 Å². The van der Waals surface area contributed by atoms with E-state index in [-0.39, 0.29) is 29.3 Å². The Balaban J connectivity index is 1.72. The number of carbonyl (C=O) groups excluding carboxylic acids is 2. The average Bonchev–Trinajstić information content (AvgIpc) is 3.36. The maximum atomic E-state index is 14.1. The summed E-state index contributed by atoms with van der Waals surface area (Å²) in [6, 6.07) is -0.761. The highest BCUT2D eigenvalue weighted by molar-refractivity contribution is 9.09. The van der Waals surface area contributed by atoms with E-state index in [1.165, 1.54) is 0 Å². The van der Waals surface area contributed by atoms with Gasteiger partial charge >= 0.3 is 5.97 Å². The van der Waals surface area contributed by atoms with E-state index in [1.54, 1.807) is 11.0 Å². The summed E-state index contributed by atoms with van der Waals surface area (Å²) in [5, 5.41) is 19.1. The Morgan fingerprint density at radius 3 is 2.62 bits per heavy atom. The molecule has 4 fully saturated rings. The molecule has 1 aliphatic carbocycles. The summed E-state index contributed by atoms with van der Waals surface area (Å²) in [4.78, 5) is 43.0. The standard InChI is InChI=1S/C23H33BrN2O6/c1-2-10-25(14-8-4-3-5-9-14)21(29)19-23-13-15(24)18(32-23)16(22(30)31)17(23)20(28)26(19)11-6-7-12-27/h2,14-19,27H,1,3-13H2,(H,30,31)/t15?,16-,17+,18-,19-,23+/m1/s1. The fraction of sp³-hybridized carbons (Fsp3) is 0.783. The van der Waals surface area contributed by atoms with Crippen molar-refractivity contribution >= 4 is 33.7 Å². The van der Waals surface area contributed by atoms with E-state index in [2.05, 4.69) is 22.5 Å². The van der Waals surface area contributed by atoms with Crippen LogP contribution in [0.5, 0.6) is 0 Å². The maximum Gasteiger partial charge on any atom is 0.310 e. The number of aliphatic hydroxyl groups is 1. The summed E-state index contributed by atoms with van der Waals surface area (Å²) >= 11 is 3.57. The van der Waals surface area contributed by atoms with Crippen molar-refractivity contribution in [3.8, 4) is 0 Å². The van der Waals surface area contributed by atoms with Crippen molar-refractivity contribution in [1.29, 1.82) is 0 Å². The van der Waals surface area contributed by atoms with Crippen LogP contribution in [0.4, 0.5) is 0 Å². The van der Waals surface area contributed by atoms with Crippen LogP contribution in [-0.2, 0) is 19.1 Å². The summed E-state index contributed by atoms with van der Waals surface area (Å²) < 4.78 is 6.31. The van der Waals surface area contributed by atoms with Crippen LogP contribution in [0.25, 0.3) is 0 Å². The Hall–Kier alpha value is -1.45. The molecule has 0 aromatic heterocycles. The minimum Gasteiger partial charge on any atom is -0.481 e. The first-order valence-electron chi connectivity index (χ1n) is 11.7. The van der Waals surface area contributed by atoms with Crippen LogP contribution in [0.3, 0.4) is 0 Å². The van der Waals surface area contributed by atoms with E-state index in [0.29, 0.717) is 32.4 Å². The van der Waals surface area contributed by atoms with E-state index in [4.69, 9.17) is 4.74 Å². The molecule has 2 amide bonds. The van der Waals surface area contributed by atoms with Crippen molar-refractivity contribution in [3.05, 3.63) is 12.7 Å². The van der Waals surface area contributed by atoms with Gasteiger partial charge in [0.15, 0.2) is 0 Å². The molecule has 4 rings (SSSR count). The van der Waals surface area contributed by atoms with Crippen LogP contribution in [0.15, 0.2) is 12.7 Å². The largest absolute Gasteiger partial charge is 0.481 e. The molecule has 1 unspecified atom stereocenters. The van der Waals surface area contributed by atoms with Crippen LogP contribution in [0.2, 0.25) is 0 Å². The zero-order valence-corrected chi connectivity index (χ0v) is 19.9. The number of aliphatic hydroxyl groups excluding tert-OH is 1. The van der Waals surface area contributed by atoms with Crippen molar-refractivity contribution in [2.24, 2.45) is 11.8 Å². The highest BCUT2D eigenvalue weighted by Gasteiger charge is 2.76. The fourth-order valence-corrected chi connectivity index (χ4v) is 7.38. The number of hydrogen-bond acceptors (Lipinski definition) is 5. The molecular formula is C23H33BrN2O6. The molecule has 6 atom stereocenters. The number of halogens is 1.